The predicted octanol–water partition coefficient (Wildman–Crippen LogP) is 3.20. The van der Waals surface area contributed by atoms with E-state index < -0.39 is 0 Å². The molecule has 0 radical (unpaired) electrons. The molecule has 0 saturated carbocycles. The molecule has 2 aromatic heterocycles. The second-order valence-corrected chi connectivity index (χ2v) is 5.78. The van der Waals surface area contributed by atoms with Crippen LogP contribution in [0.4, 0.5) is 5.95 Å². The second-order valence-electron chi connectivity index (χ2n) is 5.78. The number of nitrogens with zero attached hydrogens (tertiary/aromatic N) is 3. The van der Waals surface area contributed by atoms with Crippen LogP contribution in [0.1, 0.15) is 30.7 Å². The van der Waals surface area contributed by atoms with Gasteiger partial charge in [0.1, 0.15) is 0 Å². The molecule has 3 aromatic rings. The SMILES string of the molecule is CCn1c(N/N=C(\C)c2c(C)c[nH]c2C)nc2ccccc2c1=O. The number of rotatable bonds is 4. The topological polar surface area (TPSA) is 75.1 Å². The van der Waals surface area contributed by atoms with E-state index in [0.717, 1.165) is 22.5 Å². The molecular formula is C18H21N5O. The van der Waals surface area contributed by atoms with Crippen LogP contribution in [0.2, 0.25) is 0 Å². The van der Waals surface area contributed by atoms with Crippen molar-refractivity contribution in [3.63, 3.8) is 0 Å². The summed E-state index contributed by atoms with van der Waals surface area (Å²) in [4.78, 5) is 20.3. The average molecular weight is 323 g/mol. The van der Waals surface area contributed by atoms with Crippen LogP contribution in [0, 0.1) is 13.8 Å². The molecule has 0 unspecified atom stereocenters. The van der Waals surface area contributed by atoms with E-state index in [9.17, 15) is 4.79 Å². The van der Waals surface area contributed by atoms with E-state index in [2.05, 4.69) is 20.5 Å². The van der Waals surface area contributed by atoms with Crippen LogP contribution >= 0.6 is 0 Å². The Balaban J connectivity index is 2.04. The van der Waals surface area contributed by atoms with Gasteiger partial charge in [0.2, 0.25) is 5.95 Å². The fourth-order valence-corrected chi connectivity index (χ4v) is 2.95. The lowest BCUT2D eigenvalue weighted by Crippen LogP contribution is -2.23. The van der Waals surface area contributed by atoms with Crippen LogP contribution in [-0.4, -0.2) is 20.2 Å². The molecule has 0 bridgehead atoms. The minimum Gasteiger partial charge on any atom is -0.364 e. The molecule has 0 atom stereocenters. The lowest BCUT2D eigenvalue weighted by atomic mass is 10.1. The molecule has 3 rings (SSSR count). The molecule has 2 heterocycles. The Labute approximate surface area is 140 Å². The third kappa shape index (κ3) is 2.71. The van der Waals surface area contributed by atoms with Gasteiger partial charge in [-0.05, 0) is 45.4 Å². The summed E-state index contributed by atoms with van der Waals surface area (Å²) >= 11 is 0. The van der Waals surface area contributed by atoms with Crippen molar-refractivity contribution in [2.24, 2.45) is 5.10 Å². The summed E-state index contributed by atoms with van der Waals surface area (Å²) in [6.45, 7) is 8.42. The van der Waals surface area contributed by atoms with E-state index >= 15 is 0 Å². The summed E-state index contributed by atoms with van der Waals surface area (Å²) in [5, 5.41) is 5.05. The third-order valence-corrected chi connectivity index (χ3v) is 4.14. The minimum atomic E-state index is -0.0625. The molecule has 0 aliphatic heterocycles. The number of nitrogens with one attached hydrogen (secondary N) is 2. The molecule has 0 saturated heterocycles. The van der Waals surface area contributed by atoms with Gasteiger partial charge in [0, 0.05) is 24.0 Å². The van der Waals surface area contributed by atoms with Gasteiger partial charge >= 0.3 is 0 Å². The first-order chi connectivity index (χ1) is 11.5. The maximum atomic E-state index is 12.6. The molecule has 0 spiro atoms. The van der Waals surface area contributed by atoms with E-state index in [4.69, 9.17) is 0 Å². The molecule has 0 aliphatic rings. The van der Waals surface area contributed by atoms with Crippen molar-refractivity contribution in [3.05, 3.63) is 57.6 Å². The number of aromatic nitrogens is 3. The molecular weight excluding hydrogens is 302 g/mol. The summed E-state index contributed by atoms with van der Waals surface area (Å²) in [7, 11) is 0. The van der Waals surface area contributed by atoms with Gasteiger partial charge in [-0.15, -0.1) is 0 Å². The van der Waals surface area contributed by atoms with Crippen molar-refractivity contribution in [2.75, 3.05) is 5.43 Å². The predicted molar refractivity (Wildman–Crippen MR) is 97.8 cm³/mol. The minimum absolute atomic E-state index is 0.0625. The zero-order valence-electron chi connectivity index (χ0n) is 14.3. The highest BCUT2D eigenvalue weighted by molar-refractivity contribution is 6.01. The molecule has 24 heavy (non-hydrogen) atoms. The fourth-order valence-electron chi connectivity index (χ4n) is 2.95. The number of anilines is 1. The highest BCUT2D eigenvalue weighted by Crippen LogP contribution is 2.15. The van der Waals surface area contributed by atoms with Gasteiger partial charge in [-0.25, -0.2) is 10.4 Å². The van der Waals surface area contributed by atoms with Crippen LogP contribution in [0.5, 0.6) is 0 Å². The number of hydrazone groups is 1. The molecule has 6 heteroatoms. The van der Waals surface area contributed by atoms with Gasteiger partial charge in [-0.3, -0.25) is 9.36 Å². The third-order valence-electron chi connectivity index (χ3n) is 4.14. The number of para-hydroxylation sites is 1. The number of hydrogen-bond acceptors (Lipinski definition) is 4. The quantitative estimate of drug-likeness (QED) is 0.572. The summed E-state index contributed by atoms with van der Waals surface area (Å²) in [6, 6.07) is 7.34. The maximum Gasteiger partial charge on any atom is 0.262 e. The summed E-state index contributed by atoms with van der Waals surface area (Å²) in [5.74, 6) is 0.450. The molecule has 1 aromatic carbocycles. The average Bonchev–Trinajstić information content (AvgIpc) is 2.91. The second kappa shape index (κ2) is 6.31. The molecule has 124 valence electrons. The number of benzene rings is 1. The van der Waals surface area contributed by atoms with Crippen molar-refractivity contribution >= 4 is 22.6 Å². The Morgan fingerprint density at radius 3 is 2.75 bits per heavy atom. The highest BCUT2D eigenvalue weighted by atomic mass is 16.1. The number of fused-ring (bicyclic) bond motifs is 1. The molecule has 6 nitrogen and oxygen atoms in total. The van der Waals surface area contributed by atoms with Crippen molar-refractivity contribution in [1.29, 1.82) is 0 Å². The van der Waals surface area contributed by atoms with Crippen LogP contribution in [0.15, 0.2) is 40.4 Å². The summed E-state index contributed by atoms with van der Waals surface area (Å²) in [5.41, 5.74) is 7.69. The number of aryl methyl sites for hydroxylation is 2. The Kier molecular flexibility index (Phi) is 4.20. The Bertz CT molecular complexity index is 961. The normalized spacial score (nSPS) is 11.9. The first kappa shape index (κ1) is 16.0. The van der Waals surface area contributed by atoms with Crippen molar-refractivity contribution in [1.82, 2.24) is 14.5 Å². The first-order valence-corrected chi connectivity index (χ1v) is 7.97. The fraction of sp³-hybridized carbons (Fsp3) is 0.278. The van der Waals surface area contributed by atoms with E-state index in [1.807, 2.05) is 52.1 Å². The molecule has 0 aliphatic carbocycles. The van der Waals surface area contributed by atoms with E-state index in [1.165, 1.54) is 0 Å². The standard InChI is InChI=1S/C18H21N5O/c1-5-23-17(24)14-8-6-7-9-15(14)20-18(23)22-21-13(4)16-11(2)10-19-12(16)3/h6-10,19H,5H2,1-4H3,(H,20,22)/b21-13+. The Morgan fingerprint density at radius 2 is 2.08 bits per heavy atom. The molecule has 0 amide bonds. The van der Waals surface area contributed by atoms with Crippen molar-refractivity contribution in [2.45, 2.75) is 34.2 Å². The van der Waals surface area contributed by atoms with Gasteiger partial charge in [-0.1, -0.05) is 12.1 Å². The van der Waals surface area contributed by atoms with Gasteiger partial charge < -0.3 is 4.98 Å². The highest BCUT2D eigenvalue weighted by Gasteiger charge is 2.11. The number of hydrogen-bond donors (Lipinski definition) is 2. The number of aromatic amines is 1. The van der Waals surface area contributed by atoms with Gasteiger partial charge in [0.15, 0.2) is 0 Å². The van der Waals surface area contributed by atoms with Crippen molar-refractivity contribution in [3.8, 4) is 0 Å². The van der Waals surface area contributed by atoms with Gasteiger partial charge in [0.05, 0.1) is 16.6 Å². The maximum absolute atomic E-state index is 12.6. The molecule has 0 fully saturated rings. The zero-order chi connectivity index (χ0) is 17.3. The van der Waals surface area contributed by atoms with Gasteiger partial charge in [-0.2, -0.15) is 5.10 Å². The van der Waals surface area contributed by atoms with E-state index in [1.54, 1.807) is 10.6 Å². The number of H-pyrrole nitrogens is 1. The van der Waals surface area contributed by atoms with Crippen LogP contribution < -0.4 is 11.0 Å². The van der Waals surface area contributed by atoms with Crippen molar-refractivity contribution < 1.29 is 0 Å². The Hall–Kier alpha value is -2.89. The Morgan fingerprint density at radius 1 is 1.33 bits per heavy atom. The largest absolute Gasteiger partial charge is 0.364 e. The monoisotopic (exact) mass is 323 g/mol. The van der Waals surface area contributed by atoms with Crippen LogP contribution in [0.3, 0.4) is 0 Å². The van der Waals surface area contributed by atoms with E-state index in [0.29, 0.717) is 23.4 Å². The van der Waals surface area contributed by atoms with E-state index in [-0.39, 0.29) is 5.56 Å². The lowest BCUT2D eigenvalue weighted by Gasteiger charge is -2.11. The smallest absolute Gasteiger partial charge is 0.262 e. The molecule has 2 N–H and O–H groups in total. The van der Waals surface area contributed by atoms with Crippen LogP contribution in [-0.2, 0) is 6.54 Å². The van der Waals surface area contributed by atoms with Crippen LogP contribution in [0.25, 0.3) is 10.9 Å². The summed E-state index contributed by atoms with van der Waals surface area (Å²) < 4.78 is 1.59. The summed E-state index contributed by atoms with van der Waals surface area (Å²) in [6.07, 6.45) is 1.96. The lowest BCUT2D eigenvalue weighted by molar-refractivity contribution is 0.724. The zero-order valence-corrected chi connectivity index (χ0v) is 14.3. The van der Waals surface area contributed by atoms with Gasteiger partial charge in [0.25, 0.3) is 5.56 Å². The first-order valence-electron chi connectivity index (χ1n) is 7.97.